The summed E-state index contributed by atoms with van der Waals surface area (Å²) >= 11 is 0. The van der Waals surface area contributed by atoms with Crippen LogP contribution in [0.2, 0.25) is 0 Å². The quantitative estimate of drug-likeness (QED) is 0.324. The molecule has 23 heavy (non-hydrogen) atoms. The second-order valence-corrected chi connectivity index (χ2v) is 5.37. The van der Waals surface area contributed by atoms with Gasteiger partial charge in [-0.1, -0.05) is 61.3 Å². The first-order valence-electron chi connectivity index (χ1n) is 8.23. The van der Waals surface area contributed by atoms with Gasteiger partial charge in [0.05, 0.1) is 0 Å². The third-order valence-corrected chi connectivity index (χ3v) is 3.11. The molecule has 2 N–H and O–H groups in total. The van der Waals surface area contributed by atoms with E-state index in [9.17, 15) is 4.79 Å². The smallest absolute Gasteiger partial charge is 0.302 e. The number of allylic oxidation sites excluding steroid dienone is 9. The monoisotopic (exact) mass is 317 g/mol. The lowest BCUT2D eigenvalue weighted by Crippen LogP contribution is -2.35. The molecule has 0 aromatic rings. The van der Waals surface area contributed by atoms with Crippen LogP contribution in [0.25, 0.3) is 0 Å². The Morgan fingerprint density at radius 1 is 1.04 bits per heavy atom. The molecule has 0 aliphatic rings. The average molecular weight is 317 g/mol. The molecule has 0 spiro atoms. The molecule has 3 heteroatoms. The zero-order valence-electron chi connectivity index (χ0n) is 14.5. The van der Waals surface area contributed by atoms with Crippen molar-refractivity contribution in [2.24, 2.45) is 5.73 Å². The van der Waals surface area contributed by atoms with Gasteiger partial charge in [0.25, 0.3) is 0 Å². The lowest BCUT2D eigenvalue weighted by Gasteiger charge is -2.19. The van der Waals surface area contributed by atoms with Gasteiger partial charge in [0.1, 0.15) is 6.10 Å². The van der Waals surface area contributed by atoms with E-state index in [1.54, 1.807) is 6.08 Å². The van der Waals surface area contributed by atoms with Crippen LogP contribution in [0.15, 0.2) is 61.3 Å². The molecule has 0 radical (unpaired) electrons. The van der Waals surface area contributed by atoms with Crippen molar-refractivity contribution >= 4 is 5.97 Å². The van der Waals surface area contributed by atoms with Gasteiger partial charge in [-0.3, -0.25) is 4.79 Å². The summed E-state index contributed by atoms with van der Waals surface area (Å²) in [4.78, 5) is 11.0. The molecule has 128 valence electrons. The molecule has 0 fully saturated rings. The molecule has 0 unspecified atom stereocenters. The number of hydrogen-bond donors (Lipinski definition) is 1. The van der Waals surface area contributed by atoms with Crippen molar-refractivity contribution in [3.63, 3.8) is 0 Å². The van der Waals surface area contributed by atoms with Crippen LogP contribution in [-0.4, -0.2) is 18.1 Å². The lowest BCUT2D eigenvalue weighted by atomic mass is 10.1. The molecule has 0 rings (SSSR count). The predicted molar refractivity (Wildman–Crippen MR) is 99.0 cm³/mol. The first kappa shape index (κ1) is 21.1. The van der Waals surface area contributed by atoms with E-state index in [-0.39, 0.29) is 18.1 Å². The fourth-order valence-corrected chi connectivity index (χ4v) is 1.91. The highest BCUT2D eigenvalue weighted by molar-refractivity contribution is 5.66. The lowest BCUT2D eigenvalue weighted by molar-refractivity contribution is -0.147. The number of nitrogens with two attached hydrogens (primary N) is 1. The molecule has 0 aliphatic carbocycles. The summed E-state index contributed by atoms with van der Waals surface area (Å²) in [5, 5.41) is 0. The van der Waals surface area contributed by atoms with Gasteiger partial charge >= 0.3 is 5.97 Å². The van der Waals surface area contributed by atoms with Gasteiger partial charge in [0.2, 0.25) is 0 Å². The van der Waals surface area contributed by atoms with Crippen LogP contribution in [0.1, 0.15) is 46.0 Å². The number of hydrogen-bond acceptors (Lipinski definition) is 3. The van der Waals surface area contributed by atoms with Gasteiger partial charge in [-0.05, 0) is 39.0 Å². The molecule has 0 aliphatic heterocycles. The SMILES string of the molecule is C=C/C=C\C/C=C\C/C=C\C/C=C\CC[C@H](OC(C)=O)[C@H](C)N. The molecular weight excluding hydrogens is 286 g/mol. The molecule has 0 saturated heterocycles. The van der Waals surface area contributed by atoms with Crippen LogP contribution in [0.3, 0.4) is 0 Å². The summed E-state index contributed by atoms with van der Waals surface area (Å²) in [5.74, 6) is -0.271. The van der Waals surface area contributed by atoms with E-state index in [0.717, 1.165) is 32.1 Å². The summed E-state index contributed by atoms with van der Waals surface area (Å²) in [6.45, 7) is 6.90. The van der Waals surface area contributed by atoms with Crippen LogP contribution in [0, 0.1) is 0 Å². The Labute approximate surface area is 141 Å². The van der Waals surface area contributed by atoms with Gasteiger partial charge in [0, 0.05) is 13.0 Å². The highest BCUT2D eigenvalue weighted by atomic mass is 16.5. The second kappa shape index (κ2) is 15.0. The van der Waals surface area contributed by atoms with Crippen molar-refractivity contribution in [2.45, 2.75) is 58.1 Å². The van der Waals surface area contributed by atoms with Gasteiger partial charge < -0.3 is 10.5 Å². The highest BCUT2D eigenvalue weighted by Crippen LogP contribution is 2.07. The maximum absolute atomic E-state index is 11.0. The van der Waals surface area contributed by atoms with Gasteiger partial charge in [-0.2, -0.15) is 0 Å². The van der Waals surface area contributed by atoms with E-state index in [2.05, 4.69) is 49.1 Å². The summed E-state index contributed by atoms with van der Waals surface area (Å²) in [7, 11) is 0. The predicted octanol–water partition coefficient (Wildman–Crippen LogP) is 4.63. The van der Waals surface area contributed by atoms with Crippen molar-refractivity contribution < 1.29 is 9.53 Å². The standard InChI is InChI=1S/C20H31NO2/c1-4-5-6-7-8-9-10-11-12-13-14-15-16-17-20(18(2)21)23-19(3)22/h4-6,8-9,11-12,14-15,18,20H,1,7,10,13,16-17,21H2,2-3H3/b6-5-,9-8-,12-11-,15-14-/t18-,20-/m0/s1. The first-order chi connectivity index (χ1) is 11.1. The Balaban J connectivity index is 3.77. The van der Waals surface area contributed by atoms with Crippen molar-refractivity contribution in [1.82, 2.24) is 0 Å². The summed E-state index contributed by atoms with van der Waals surface area (Å²) in [6.07, 6.45) is 22.9. The molecule has 0 saturated carbocycles. The maximum Gasteiger partial charge on any atom is 0.302 e. The van der Waals surface area contributed by atoms with Gasteiger partial charge in [0.15, 0.2) is 0 Å². The minimum atomic E-state index is -0.271. The molecule has 0 amide bonds. The van der Waals surface area contributed by atoms with Crippen LogP contribution in [-0.2, 0) is 9.53 Å². The van der Waals surface area contributed by atoms with E-state index >= 15 is 0 Å². The van der Waals surface area contributed by atoms with E-state index in [4.69, 9.17) is 10.5 Å². The van der Waals surface area contributed by atoms with E-state index in [0.29, 0.717) is 0 Å². The van der Waals surface area contributed by atoms with Crippen LogP contribution in [0.4, 0.5) is 0 Å². The minimum absolute atomic E-state index is 0.139. The Morgan fingerprint density at radius 2 is 1.57 bits per heavy atom. The Kier molecular flexibility index (Phi) is 13.8. The van der Waals surface area contributed by atoms with Crippen molar-refractivity contribution in [1.29, 1.82) is 0 Å². The van der Waals surface area contributed by atoms with Gasteiger partial charge in [-0.15, -0.1) is 0 Å². The van der Waals surface area contributed by atoms with Crippen molar-refractivity contribution in [3.8, 4) is 0 Å². The largest absolute Gasteiger partial charge is 0.461 e. The third kappa shape index (κ3) is 14.8. The molecule has 0 aromatic heterocycles. The molecule has 0 heterocycles. The first-order valence-corrected chi connectivity index (χ1v) is 8.23. The van der Waals surface area contributed by atoms with E-state index in [1.165, 1.54) is 6.92 Å². The van der Waals surface area contributed by atoms with Gasteiger partial charge in [-0.25, -0.2) is 0 Å². The number of carbonyl (C=O) groups excluding carboxylic acids is 1. The Morgan fingerprint density at radius 3 is 2.04 bits per heavy atom. The van der Waals surface area contributed by atoms with E-state index < -0.39 is 0 Å². The number of carbonyl (C=O) groups is 1. The minimum Gasteiger partial charge on any atom is -0.461 e. The average Bonchev–Trinajstić information content (AvgIpc) is 2.50. The van der Waals surface area contributed by atoms with Crippen LogP contribution < -0.4 is 5.73 Å². The second-order valence-electron chi connectivity index (χ2n) is 5.37. The topological polar surface area (TPSA) is 52.3 Å². The fourth-order valence-electron chi connectivity index (χ4n) is 1.91. The molecular formula is C20H31NO2. The summed E-state index contributed by atoms with van der Waals surface area (Å²) in [6, 6.07) is -0.139. The molecule has 3 nitrogen and oxygen atoms in total. The number of esters is 1. The number of ether oxygens (including phenoxy) is 1. The molecule has 2 atom stereocenters. The zero-order chi connectivity index (χ0) is 17.3. The zero-order valence-corrected chi connectivity index (χ0v) is 14.5. The Hall–Kier alpha value is -1.87. The Bertz CT molecular complexity index is 431. The van der Waals surface area contributed by atoms with Crippen molar-refractivity contribution in [3.05, 3.63) is 61.3 Å². The molecule has 0 aromatic carbocycles. The normalized spacial score (nSPS) is 14.9. The third-order valence-electron chi connectivity index (χ3n) is 3.11. The van der Waals surface area contributed by atoms with E-state index in [1.807, 2.05) is 13.0 Å². The van der Waals surface area contributed by atoms with Crippen LogP contribution in [0.5, 0.6) is 0 Å². The number of rotatable bonds is 12. The molecule has 0 bridgehead atoms. The maximum atomic E-state index is 11.0. The fraction of sp³-hybridized carbons (Fsp3) is 0.450. The van der Waals surface area contributed by atoms with Crippen molar-refractivity contribution in [2.75, 3.05) is 0 Å². The summed E-state index contributed by atoms with van der Waals surface area (Å²) < 4.78 is 5.19. The highest BCUT2D eigenvalue weighted by Gasteiger charge is 2.15. The summed E-state index contributed by atoms with van der Waals surface area (Å²) in [5.41, 5.74) is 5.80. The van der Waals surface area contributed by atoms with Crippen LogP contribution >= 0.6 is 0 Å².